The van der Waals surface area contributed by atoms with E-state index < -0.39 is 11.9 Å². The van der Waals surface area contributed by atoms with E-state index >= 15 is 0 Å². The van der Waals surface area contributed by atoms with Gasteiger partial charge in [0.1, 0.15) is 6.61 Å². The van der Waals surface area contributed by atoms with Crippen molar-refractivity contribution in [1.29, 1.82) is 0 Å². The van der Waals surface area contributed by atoms with Crippen molar-refractivity contribution in [2.24, 2.45) is 11.5 Å². The van der Waals surface area contributed by atoms with Gasteiger partial charge in [-0.05, 0) is 0 Å². The molecule has 19 heavy (non-hydrogen) atoms. The topological polar surface area (TPSA) is 173 Å². The van der Waals surface area contributed by atoms with E-state index in [1.807, 2.05) is 0 Å². The summed E-state index contributed by atoms with van der Waals surface area (Å²) in [6.07, 6.45) is 0. The number of hydrogen-bond acceptors (Lipinski definition) is 7. The maximum Gasteiger partial charge on any atom is 0.302 e. The zero-order valence-electron chi connectivity index (χ0n) is 11.5. The van der Waals surface area contributed by atoms with E-state index in [0.717, 1.165) is 13.8 Å². The average Bonchev–Trinajstić information content (AvgIpc) is 2.25. The van der Waals surface area contributed by atoms with Crippen molar-refractivity contribution in [3.63, 3.8) is 0 Å². The average molecular weight is 284 g/mol. The van der Waals surface area contributed by atoms with Crippen LogP contribution in [-0.2, 0) is 19.1 Å². The molecule has 9 nitrogen and oxygen atoms in total. The smallest absolute Gasteiger partial charge is 0.302 e. The highest BCUT2D eigenvalue weighted by Gasteiger charge is 1.86. The van der Waals surface area contributed by atoms with Crippen LogP contribution in [0.5, 0.6) is 0 Å². The van der Waals surface area contributed by atoms with Crippen LogP contribution in [-0.4, -0.2) is 59.5 Å². The molecule has 0 saturated heterocycles. The Kier molecular flexibility index (Phi) is 34.5. The maximum atomic E-state index is 9.87. The van der Waals surface area contributed by atoms with Crippen LogP contribution in [0.15, 0.2) is 0 Å². The lowest BCUT2D eigenvalue weighted by Gasteiger charge is -1.93. The first-order valence-corrected chi connectivity index (χ1v) is 5.19. The van der Waals surface area contributed by atoms with Gasteiger partial charge in [-0.1, -0.05) is 0 Å². The molecule has 0 radical (unpaired) electrons. The summed E-state index contributed by atoms with van der Waals surface area (Å²) < 4.78 is 4.30. The number of carbonyl (C=O) groups excluding carboxylic acids is 1. The van der Waals surface area contributed by atoms with Gasteiger partial charge in [0.15, 0.2) is 0 Å². The molecule has 9 heteroatoms. The van der Waals surface area contributed by atoms with Crippen molar-refractivity contribution >= 4 is 17.9 Å². The third kappa shape index (κ3) is 307. The van der Waals surface area contributed by atoms with Crippen LogP contribution in [0, 0.1) is 0 Å². The minimum atomic E-state index is -0.833. The number of esters is 1. The monoisotopic (exact) mass is 284 g/mol. The van der Waals surface area contributed by atoms with Crippen molar-refractivity contribution in [3.8, 4) is 0 Å². The van der Waals surface area contributed by atoms with Gasteiger partial charge >= 0.3 is 5.97 Å². The fraction of sp³-hybridized carbons (Fsp3) is 0.700. The SMILES string of the molecule is CC(=O)O.CC(=O)O.CC(=O)OCCO.NCCN. The van der Waals surface area contributed by atoms with Crippen LogP contribution < -0.4 is 11.5 Å². The van der Waals surface area contributed by atoms with Gasteiger partial charge in [0, 0.05) is 33.9 Å². The summed E-state index contributed by atoms with van der Waals surface area (Å²) in [6.45, 7) is 4.67. The van der Waals surface area contributed by atoms with Gasteiger partial charge in [0.05, 0.1) is 6.61 Å². The number of aliphatic carboxylic acids is 2. The highest BCUT2D eigenvalue weighted by molar-refractivity contribution is 5.65. The van der Waals surface area contributed by atoms with E-state index in [9.17, 15) is 4.79 Å². The number of carboxylic acid groups (broad SMARTS) is 2. The molecule has 0 saturated carbocycles. The second-order valence-electron chi connectivity index (χ2n) is 2.68. The Morgan fingerprint density at radius 3 is 1.26 bits per heavy atom. The minimum absolute atomic E-state index is 0.0976. The largest absolute Gasteiger partial charge is 0.481 e. The Balaban J connectivity index is -0.0000000825. The molecule has 0 aliphatic rings. The Bertz CT molecular complexity index is 200. The molecule has 0 aromatic rings. The number of aliphatic hydroxyl groups excluding tert-OH is 1. The molecule has 0 rings (SSSR count). The molecule has 0 aromatic heterocycles. The van der Waals surface area contributed by atoms with E-state index in [1.165, 1.54) is 6.92 Å². The molecule has 0 aliphatic carbocycles. The van der Waals surface area contributed by atoms with Crippen molar-refractivity contribution in [1.82, 2.24) is 0 Å². The number of ether oxygens (including phenoxy) is 1. The maximum absolute atomic E-state index is 9.87. The molecule has 0 atom stereocenters. The molecule has 0 unspecified atom stereocenters. The fourth-order valence-electron chi connectivity index (χ4n) is 0.189. The minimum Gasteiger partial charge on any atom is -0.481 e. The molecular weight excluding hydrogens is 260 g/mol. The second-order valence-corrected chi connectivity index (χ2v) is 2.68. The lowest BCUT2D eigenvalue weighted by atomic mass is 10.7. The Labute approximate surface area is 112 Å². The van der Waals surface area contributed by atoms with Gasteiger partial charge in [-0.25, -0.2) is 0 Å². The van der Waals surface area contributed by atoms with Gasteiger partial charge in [0.25, 0.3) is 11.9 Å². The van der Waals surface area contributed by atoms with Crippen LogP contribution in [0.4, 0.5) is 0 Å². The molecular formula is C10H24N2O7. The molecule has 7 N–H and O–H groups in total. The number of aliphatic hydroxyl groups is 1. The summed E-state index contributed by atoms with van der Waals surface area (Å²) in [5.74, 6) is -2.02. The quantitative estimate of drug-likeness (QED) is 0.391. The Hall–Kier alpha value is -1.71. The standard InChI is InChI=1S/C4H8O3.C2H8N2.2C2H4O2/c1-4(6)7-3-2-5;3-1-2-4;2*1-2(3)4/h5H,2-3H2,1H3;1-4H2;2*1H3,(H,3,4). The van der Waals surface area contributed by atoms with Crippen LogP contribution >= 0.6 is 0 Å². The summed E-state index contributed by atoms with van der Waals surface area (Å²) in [5, 5.41) is 22.9. The third-order valence-corrected chi connectivity index (χ3v) is 0.563. The highest BCUT2D eigenvalue weighted by Crippen LogP contribution is 1.71. The van der Waals surface area contributed by atoms with Crippen LogP contribution in [0.1, 0.15) is 20.8 Å². The zero-order valence-corrected chi connectivity index (χ0v) is 11.5. The summed E-state index contributed by atoms with van der Waals surface area (Å²) in [5.41, 5.74) is 9.81. The number of hydrogen-bond donors (Lipinski definition) is 5. The van der Waals surface area contributed by atoms with Crippen LogP contribution in [0.2, 0.25) is 0 Å². The predicted molar refractivity (Wildman–Crippen MR) is 68.4 cm³/mol. The van der Waals surface area contributed by atoms with Gasteiger partial charge < -0.3 is 31.5 Å². The molecule has 116 valence electrons. The molecule has 0 aromatic carbocycles. The predicted octanol–water partition coefficient (Wildman–Crippen LogP) is -1.37. The summed E-state index contributed by atoms with van der Waals surface area (Å²) >= 11 is 0. The van der Waals surface area contributed by atoms with E-state index in [2.05, 4.69) is 4.74 Å². The normalized spacial score (nSPS) is 7.26. The lowest BCUT2D eigenvalue weighted by molar-refractivity contribution is -0.142. The lowest BCUT2D eigenvalue weighted by Crippen LogP contribution is -2.11. The number of carboxylic acids is 2. The summed E-state index contributed by atoms with van der Waals surface area (Å²) in [6, 6.07) is 0. The molecule has 0 spiro atoms. The van der Waals surface area contributed by atoms with Crippen LogP contribution in [0.25, 0.3) is 0 Å². The van der Waals surface area contributed by atoms with E-state index in [-0.39, 0.29) is 19.2 Å². The number of carbonyl (C=O) groups is 3. The van der Waals surface area contributed by atoms with Crippen LogP contribution in [0.3, 0.4) is 0 Å². The van der Waals surface area contributed by atoms with Crippen molar-refractivity contribution < 1.29 is 34.4 Å². The van der Waals surface area contributed by atoms with Gasteiger partial charge in [-0.2, -0.15) is 0 Å². The van der Waals surface area contributed by atoms with E-state index in [1.54, 1.807) is 0 Å². The molecule has 0 fully saturated rings. The Morgan fingerprint density at radius 1 is 0.947 bits per heavy atom. The first-order chi connectivity index (χ1) is 8.65. The molecule has 0 heterocycles. The number of rotatable bonds is 3. The van der Waals surface area contributed by atoms with Gasteiger partial charge in [-0.15, -0.1) is 0 Å². The molecule has 0 aliphatic heterocycles. The second kappa shape index (κ2) is 25.2. The fourth-order valence-corrected chi connectivity index (χ4v) is 0.189. The van der Waals surface area contributed by atoms with Gasteiger partial charge in [0.2, 0.25) is 0 Å². The third-order valence-electron chi connectivity index (χ3n) is 0.563. The molecule has 0 amide bonds. The Morgan fingerprint density at radius 2 is 1.21 bits per heavy atom. The zero-order chi connectivity index (χ0) is 16.3. The van der Waals surface area contributed by atoms with Crippen molar-refractivity contribution in [2.75, 3.05) is 26.3 Å². The van der Waals surface area contributed by atoms with Gasteiger partial charge in [-0.3, -0.25) is 14.4 Å². The van der Waals surface area contributed by atoms with E-state index in [0.29, 0.717) is 13.1 Å². The molecule has 0 bridgehead atoms. The first kappa shape index (κ1) is 26.0. The van der Waals surface area contributed by atoms with E-state index in [4.69, 9.17) is 36.4 Å². The summed E-state index contributed by atoms with van der Waals surface area (Å²) in [4.78, 5) is 27.9. The summed E-state index contributed by atoms with van der Waals surface area (Å²) in [7, 11) is 0. The van der Waals surface area contributed by atoms with Crippen molar-refractivity contribution in [2.45, 2.75) is 20.8 Å². The first-order valence-electron chi connectivity index (χ1n) is 5.19. The highest BCUT2D eigenvalue weighted by atomic mass is 16.5. The number of nitrogens with two attached hydrogens (primary N) is 2. The van der Waals surface area contributed by atoms with Crippen molar-refractivity contribution in [3.05, 3.63) is 0 Å².